The Morgan fingerprint density at radius 1 is 1.06 bits per heavy atom. The highest BCUT2D eigenvalue weighted by Gasteiger charge is 2.21. The van der Waals surface area contributed by atoms with Crippen molar-refractivity contribution in [3.05, 3.63) is 79.3 Å². The molecule has 8 nitrogen and oxygen atoms in total. The number of fused-ring (bicyclic) bond motifs is 1. The summed E-state index contributed by atoms with van der Waals surface area (Å²) in [4.78, 5) is 24.5. The first-order valence-corrected chi connectivity index (χ1v) is 11.5. The lowest BCUT2D eigenvalue weighted by atomic mass is 10.2. The molecule has 1 saturated heterocycles. The maximum atomic E-state index is 15.0. The summed E-state index contributed by atoms with van der Waals surface area (Å²) >= 11 is 0. The maximum Gasteiger partial charge on any atom is 0.247 e. The second kappa shape index (κ2) is 9.74. The van der Waals surface area contributed by atoms with Gasteiger partial charge in [0.1, 0.15) is 11.6 Å². The van der Waals surface area contributed by atoms with Crippen molar-refractivity contribution in [2.24, 2.45) is 0 Å². The molecule has 184 valence electrons. The zero-order chi connectivity index (χ0) is 25.2. The van der Waals surface area contributed by atoms with Crippen LogP contribution in [0.2, 0.25) is 0 Å². The van der Waals surface area contributed by atoms with Crippen molar-refractivity contribution in [2.45, 2.75) is 0 Å². The van der Waals surface area contributed by atoms with Crippen LogP contribution in [0.15, 0.2) is 67.6 Å². The molecule has 1 aliphatic heterocycles. The van der Waals surface area contributed by atoms with Crippen LogP contribution >= 0.6 is 0 Å². The third-order valence-corrected chi connectivity index (χ3v) is 6.16. The van der Waals surface area contributed by atoms with Crippen LogP contribution in [0.4, 0.5) is 31.7 Å². The molecular formula is C26H25F2N7O. The second-order valence-corrected chi connectivity index (χ2v) is 8.60. The first-order chi connectivity index (χ1) is 17.4. The Hall–Kier alpha value is -4.31. The molecule has 3 heterocycles. The Balaban J connectivity index is 1.42. The van der Waals surface area contributed by atoms with Crippen LogP contribution in [0.3, 0.4) is 0 Å². The predicted octanol–water partition coefficient (Wildman–Crippen LogP) is 4.29. The van der Waals surface area contributed by atoms with E-state index < -0.39 is 11.6 Å². The van der Waals surface area contributed by atoms with E-state index in [9.17, 15) is 13.6 Å². The fourth-order valence-corrected chi connectivity index (χ4v) is 4.17. The van der Waals surface area contributed by atoms with Crippen LogP contribution < -0.4 is 15.5 Å². The van der Waals surface area contributed by atoms with Gasteiger partial charge in [-0.25, -0.2) is 18.7 Å². The molecule has 1 amide bonds. The van der Waals surface area contributed by atoms with Gasteiger partial charge in [0, 0.05) is 37.4 Å². The summed E-state index contributed by atoms with van der Waals surface area (Å²) in [7, 11) is 2.01. The van der Waals surface area contributed by atoms with Gasteiger partial charge in [0.25, 0.3) is 0 Å². The molecule has 10 heteroatoms. The molecule has 0 radical (unpaired) electrons. The number of benzene rings is 2. The van der Waals surface area contributed by atoms with E-state index in [-0.39, 0.29) is 17.3 Å². The molecule has 0 bridgehead atoms. The zero-order valence-corrected chi connectivity index (χ0v) is 19.7. The summed E-state index contributed by atoms with van der Waals surface area (Å²) in [5.41, 5.74) is 2.32. The molecule has 0 atom stereocenters. The molecule has 1 aliphatic rings. The molecule has 4 aromatic rings. The zero-order valence-electron chi connectivity index (χ0n) is 19.7. The number of nitrogens with one attached hydrogen (secondary N) is 2. The van der Waals surface area contributed by atoms with Crippen LogP contribution in [-0.4, -0.2) is 58.4 Å². The maximum absolute atomic E-state index is 15.0. The summed E-state index contributed by atoms with van der Waals surface area (Å²) in [5, 5.41) is 5.61. The second-order valence-electron chi connectivity index (χ2n) is 8.60. The molecule has 2 aromatic carbocycles. The van der Waals surface area contributed by atoms with Crippen molar-refractivity contribution in [3.8, 4) is 11.4 Å². The van der Waals surface area contributed by atoms with E-state index in [2.05, 4.69) is 32.1 Å². The van der Waals surface area contributed by atoms with Crippen molar-refractivity contribution in [2.75, 3.05) is 48.8 Å². The number of piperazine rings is 1. The number of imidazole rings is 1. The molecule has 0 spiro atoms. The summed E-state index contributed by atoms with van der Waals surface area (Å²) in [6, 6.07) is 10.3. The number of aromatic nitrogens is 3. The first-order valence-electron chi connectivity index (χ1n) is 11.5. The van der Waals surface area contributed by atoms with Gasteiger partial charge >= 0.3 is 0 Å². The number of anilines is 4. The lowest BCUT2D eigenvalue weighted by Gasteiger charge is -2.34. The lowest BCUT2D eigenvalue weighted by Crippen LogP contribution is -2.44. The van der Waals surface area contributed by atoms with E-state index in [0.29, 0.717) is 35.9 Å². The van der Waals surface area contributed by atoms with Crippen molar-refractivity contribution in [1.29, 1.82) is 0 Å². The average molecular weight is 490 g/mol. The molecule has 2 N–H and O–H groups in total. The predicted molar refractivity (Wildman–Crippen MR) is 137 cm³/mol. The Kier molecular flexibility index (Phi) is 6.34. The van der Waals surface area contributed by atoms with E-state index >= 15 is 0 Å². The third-order valence-electron chi connectivity index (χ3n) is 6.16. The van der Waals surface area contributed by atoms with Crippen molar-refractivity contribution < 1.29 is 13.6 Å². The Morgan fingerprint density at radius 2 is 1.83 bits per heavy atom. The largest absolute Gasteiger partial charge is 0.367 e. The van der Waals surface area contributed by atoms with Crippen molar-refractivity contribution in [1.82, 2.24) is 19.3 Å². The van der Waals surface area contributed by atoms with Crippen molar-refractivity contribution in [3.63, 3.8) is 0 Å². The SMILES string of the molecule is C=CC(=O)Nc1cccc(-c2ncc3cnc(Nc4ccc(N5CCN(C)CC5)c(F)c4F)cn23)c1. The number of amides is 1. The summed E-state index contributed by atoms with van der Waals surface area (Å²) in [6.45, 7) is 6.32. The minimum absolute atomic E-state index is 0.00646. The van der Waals surface area contributed by atoms with Crippen LogP contribution in [0.25, 0.3) is 16.9 Å². The fourth-order valence-electron chi connectivity index (χ4n) is 4.17. The van der Waals surface area contributed by atoms with E-state index in [0.717, 1.165) is 18.7 Å². The van der Waals surface area contributed by atoms with Gasteiger partial charge in [-0.05, 0) is 37.4 Å². The van der Waals surface area contributed by atoms with Gasteiger partial charge in [0.05, 0.1) is 35.5 Å². The number of hydrogen-bond acceptors (Lipinski definition) is 6. The third kappa shape index (κ3) is 4.63. The van der Waals surface area contributed by atoms with Gasteiger partial charge in [-0.2, -0.15) is 0 Å². The number of hydrogen-bond donors (Lipinski definition) is 2. The number of nitrogens with zero attached hydrogens (tertiary/aromatic N) is 5. The first kappa shape index (κ1) is 23.4. The van der Waals surface area contributed by atoms with Gasteiger partial charge in [-0.3, -0.25) is 9.20 Å². The highest BCUT2D eigenvalue weighted by Crippen LogP contribution is 2.30. The van der Waals surface area contributed by atoms with E-state index in [1.54, 1.807) is 47.3 Å². The minimum atomic E-state index is -0.954. The van der Waals surface area contributed by atoms with E-state index in [1.165, 1.54) is 12.1 Å². The average Bonchev–Trinajstić information content (AvgIpc) is 3.31. The summed E-state index contributed by atoms with van der Waals surface area (Å²) in [6.07, 6.45) is 6.11. The van der Waals surface area contributed by atoms with Crippen LogP contribution in [0, 0.1) is 11.6 Å². The minimum Gasteiger partial charge on any atom is -0.367 e. The summed E-state index contributed by atoms with van der Waals surface area (Å²) in [5.74, 6) is -1.23. The molecular weight excluding hydrogens is 464 g/mol. The quantitative estimate of drug-likeness (QED) is 0.394. The van der Waals surface area contributed by atoms with Gasteiger partial charge in [-0.15, -0.1) is 0 Å². The number of carbonyl (C=O) groups is 1. The molecule has 2 aromatic heterocycles. The van der Waals surface area contributed by atoms with Crippen molar-refractivity contribution >= 4 is 34.3 Å². The highest BCUT2D eigenvalue weighted by atomic mass is 19.2. The van der Waals surface area contributed by atoms with Crippen LogP contribution in [0.1, 0.15) is 0 Å². The normalized spacial score (nSPS) is 14.1. The van der Waals surface area contributed by atoms with E-state index in [4.69, 9.17) is 0 Å². The molecule has 0 aliphatic carbocycles. The standard InChI is InChI=1S/C26H25F2N7O/c1-3-23(36)31-18-6-4-5-17(13-18)26-30-15-19-14-29-22(16-35(19)26)32-20-7-8-21(25(28)24(20)27)34-11-9-33(2)10-12-34/h3-8,13-16,32H,1,9-12H2,2H3,(H,31,36). The summed E-state index contributed by atoms with van der Waals surface area (Å²) < 4.78 is 31.7. The molecule has 5 rings (SSSR count). The smallest absolute Gasteiger partial charge is 0.247 e. The Morgan fingerprint density at radius 3 is 2.61 bits per heavy atom. The van der Waals surface area contributed by atoms with Gasteiger partial charge in [0.2, 0.25) is 5.91 Å². The van der Waals surface area contributed by atoms with Crippen LogP contribution in [-0.2, 0) is 4.79 Å². The van der Waals surface area contributed by atoms with E-state index in [1.807, 2.05) is 18.0 Å². The highest BCUT2D eigenvalue weighted by molar-refractivity contribution is 5.99. The monoisotopic (exact) mass is 489 g/mol. The molecule has 36 heavy (non-hydrogen) atoms. The lowest BCUT2D eigenvalue weighted by molar-refractivity contribution is -0.111. The Labute approximate surface area is 206 Å². The molecule has 1 fully saturated rings. The Bertz CT molecular complexity index is 1440. The number of rotatable bonds is 6. The number of likely N-dealkylation sites (N-methyl/N-ethyl adjacent to an activating group) is 1. The van der Waals surface area contributed by atoms with Gasteiger partial charge in [-0.1, -0.05) is 18.7 Å². The van der Waals surface area contributed by atoms with Gasteiger partial charge < -0.3 is 20.4 Å². The number of carbonyl (C=O) groups excluding carboxylic acids is 1. The van der Waals surface area contributed by atoms with Crippen LogP contribution in [0.5, 0.6) is 0 Å². The molecule has 0 unspecified atom stereocenters. The molecule has 0 saturated carbocycles. The fraction of sp³-hybridized carbons (Fsp3) is 0.192. The topological polar surface area (TPSA) is 77.8 Å². The van der Waals surface area contributed by atoms with Gasteiger partial charge in [0.15, 0.2) is 11.6 Å². The number of halogens is 2.